The van der Waals surface area contributed by atoms with Crippen LogP contribution >= 0.6 is 0 Å². The second-order valence-corrected chi connectivity index (χ2v) is 6.37. The number of phenols is 2. The number of carbonyl (C=O) groups is 1. The van der Waals surface area contributed by atoms with E-state index in [1.807, 2.05) is 6.07 Å². The number of aromatic hydroxyl groups is 2. The van der Waals surface area contributed by atoms with Gasteiger partial charge in [-0.3, -0.25) is 4.79 Å². The molecule has 0 spiro atoms. The third kappa shape index (κ3) is 4.49. The molecule has 0 saturated carbocycles. The van der Waals surface area contributed by atoms with Gasteiger partial charge in [0.2, 0.25) is 0 Å². The maximum absolute atomic E-state index is 12.2. The number of carbonyl (C=O) groups excluding carboxylic acids is 1. The predicted molar refractivity (Wildman–Crippen MR) is 91.2 cm³/mol. The molecule has 3 N–H and O–H groups in total. The average Bonchev–Trinajstić information content (AvgIpc) is 3.03. The molecule has 1 fully saturated rings. The third-order valence-electron chi connectivity index (χ3n) is 4.27. The van der Waals surface area contributed by atoms with Gasteiger partial charge < -0.3 is 20.4 Å². The lowest BCUT2D eigenvalue weighted by Gasteiger charge is -2.20. The van der Waals surface area contributed by atoms with Gasteiger partial charge in [-0.1, -0.05) is 6.07 Å². The van der Waals surface area contributed by atoms with E-state index in [0.717, 1.165) is 19.5 Å². The molecule has 0 radical (unpaired) electrons. The van der Waals surface area contributed by atoms with Crippen molar-refractivity contribution in [2.24, 2.45) is 5.92 Å². The van der Waals surface area contributed by atoms with Crippen LogP contribution in [0.5, 0.6) is 11.5 Å². The number of nitriles is 1. The van der Waals surface area contributed by atoms with Crippen molar-refractivity contribution in [2.45, 2.75) is 26.3 Å². The SMILES string of the molecule is CC(C)N1CCC(CNC(=O)/C(C#N)=C/c2ccc(O)c(O)c2)C1. The van der Waals surface area contributed by atoms with Crippen LogP contribution in [0.15, 0.2) is 23.8 Å². The molecule has 1 heterocycles. The number of benzene rings is 1. The number of rotatable bonds is 5. The normalized spacial score (nSPS) is 18.6. The van der Waals surface area contributed by atoms with Crippen LogP contribution in [0.3, 0.4) is 0 Å². The minimum atomic E-state index is -0.423. The highest BCUT2D eigenvalue weighted by Gasteiger charge is 2.24. The lowest BCUT2D eigenvalue weighted by atomic mass is 10.1. The number of likely N-dealkylation sites (tertiary alicyclic amines) is 1. The summed E-state index contributed by atoms with van der Waals surface area (Å²) in [5.41, 5.74) is 0.447. The van der Waals surface area contributed by atoms with Crippen LogP contribution in [-0.2, 0) is 4.79 Å². The first-order chi connectivity index (χ1) is 11.4. The van der Waals surface area contributed by atoms with Crippen molar-refractivity contribution in [1.29, 1.82) is 5.26 Å². The predicted octanol–water partition coefficient (Wildman–Crippen LogP) is 1.85. The van der Waals surface area contributed by atoms with Crippen LogP contribution in [0.4, 0.5) is 0 Å². The van der Waals surface area contributed by atoms with Gasteiger partial charge in [-0.25, -0.2) is 0 Å². The molecular formula is C18H23N3O3. The van der Waals surface area contributed by atoms with E-state index in [-0.39, 0.29) is 17.1 Å². The first-order valence-corrected chi connectivity index (χ1v) is 8.06. The van der Waals surface area contributed by atoms with Crippen LogP contribution in [0, 0.1) is 17.2 Å². The molecule has 6 nitrogen and oxygen atoms in total. The van der Waals surface area contributed by atoms with Crippen molar-refractivity contribution in [3.63, 3.8) is 0 Å². The van der Waals surface area contributed by atoms with E-state index in [4.69, 9.17) is 0 Å². The zero-order valence-electron chi connectivity index (χ0n) is 14.0. The molecule has 0 aliphatic carbocycles. The Bertz CT molecular complexity index is 677. The van der Waals surface area contributed by atoms with Gasteiger partial charge in [-0.15, -0.1) is 0 Å². The largest absolute Gasteiger partial charge is 0.504 e. The minimum absolute atomic E-state index is 0.0289. The zero-order chi connectivity index (χ0) is 17.7. The molecule has 1 atom stereocenters. The fourth-order valence-electron chi connectivity index (χ4n) is 2.78. The van der Waals surface area contributed by atoms with Gasteiger partial charge in [0.15, 0.2) is 11.5 Å². The van der Waals surface area contributed by atoms with Crippen LogP contribution in [-0.4, -0.2) is 46.7 Å². The Balaban J connectivity index is 1.95. The van der Waals surface area contributed by atoms with Gasteiger partial charge in [0, 0.05) is 19.1 Å². The lowest BCUT2D eigenvalue weighted by molar-refractivity contribution is -0.117. The van der Waals surface area contributed by atoms with Crippen LogP contribution in [0.1, 0.15) is 25.8 Å². The molecule has 1 saturated heterocycles. The first-order valence-electron chi connectivity index (χ1n) is 8.06. The summed E-state index contributed by atoms with van der Waals surface area (Å²) in [6.45, 7) is 6.85. The van der Waals surface area contributed by atoms with Crippen molar-refractivity contribution in [2.75, 3.05) is 19.6 Å². The van der Waals surface area contributed by atoms with Crippen LogP contribution in [0.25, 0.3) is 6.08 Å². The number of nitrogens with zero attached hydrogens (tertiary/aromatic N) is 2. The summed E-state index contributed by atoms with van der Waals surface area (Å²) < 4.78 is 0. The Kier molecular flexibility index (Phi) is 5.83. The number of nitrogens with one attached hydrogen (secondary N) is 1. The number of phenolic OH excluding ortho intramolecular Hbond substituents is 2. The molecule has 1 amide bonds. The lowest BCUT2D eigenvalue weighted by Crippen LogP contribution is -2.33. The topological polar surface area (TPSA) is 96.6 Å². The minimum Gasteiger partial charge on any atom is -0.504 e. The van der Waals surface area contributed by atoms with E-state index in [2.05, 4.69) is 24.1 Å². The summed E-state index contributed by atoms with van der Waals surface area (Å²) in [5, 5.41) is 30.8. The highest BCUT2D eigenvalue weighted by molar-refractivity contribution is 6.01. The van der Waals surface area contributed by atoms with E-state index in [0.29, 0.717) is 24.1 Å². The van der Waals surface area contributed by atoms with Gasteiger partial charge in [0.25, 0.3) is 5.91 Å². The maximum atomic E-state index is 12.2. The molecule has 0 bridgehead atoms. The summed E-state index contributed by atoms with van der Waals surface area (Å²) in [5.74, 6) is -0.561. The second kappa shape index (κ2) is 7.84. The van der Waals surface area contributed by atoms with Gasteiger partial charge in [-0.2, -0.15) is 5.26 Å². The monoisotopic (exact) mass is 329 g/mol. The molecular weight excluding hydrogens is 306 g/mol. The quantitative estimate of drug-likeness (QED) is 0.435. The zero-order valence-corrected chi connectivity index (χ0v) is 14.0. The summed E-state index contributed by atoms with van der Waals surface area (Å²) in [4.78, 5) is 14.5. The van der Waals surface area contributed by atoms with Gasteiger partial charge in [0.1, 0.15) is 11.6 Å². The third-order valence-corrected chi connectivity index (χ3v) is 4.27. The summed E-state index contributed by atoms with van der Waals surface area (Å²) in [6, 6.07) is 6.52. The molecule has 1 aliphatic rings. The van der Waals surface area contributed by atoms with E-state index in [1.165, 1.54) is 24.3 Å². The molecule has 1 aromatic carbocycles. The second-order valence-electron chi connectivity index (χ2n) is 6.37. The average molecular weight is 329 g/mol. The maximum Gasteiger partial charge on any atom is 0.261 e. The molecule has 1 unspecified atom stereocenters. The molecule has 0 aromatic heterocycles. The molecule has 6 heteroatoms. The first kappa shape index (κ1) is 17.8. The van der Waals surface area contributed by atoms with Crippen molar-refractivity contribution >= 4 is 12.0 Å². The standard InChI is InChI=1S/C18H23N3O3/c1-12(2)21-6-5-14(11-21)10-20-18(24)15(9-19)7-13-3-4-16(22)17(23)8-13/h3-4,7-8,12,14,22-23H,5-6,10-11H2,1-2H3,(H,20,24)/b15-7+. The Morgan fingerprint density at radius 3 is 2.79 bits per heavy atom. The summed E-state index contributed by atoms with van der Waals surface area (Å²) in [7, 11) is 0. The van der Waals surface area contributed by atoms with E-state index in [1.54, 1.807) is 0 Å². The smallest absolute Gasteiger partial charge is 0.261 e. The highest BCUT2D eigenvalue weighted by Crippen LogP contribution is 2.26. The summed E-state index contributed by atoms with van der Waals surface area (Å²) in [6.07, 6.45) is 2.43. The number of hydrogen-bond donors (Lipinski definition) is 3. The Labute approximate surface area is 142 Å². The van der Waals surface area contributed by atoms with Crippen molar-refractivity contribution in [3.05, 3.63) is 29.3 Å². The molecule has 1 aliphatic heterocycles. The Morgan fingerprint density at radius 1 is 1.46 bits per heavy atom. The number of amides is 1. The van der Waals surface area contributed by atoms with Crippen molar-refractivity contribution < 1.29 is 15.0 Å². The Hall–Kier alpha value is -2.52. The fraction of sp³-hybridized carbons (Fsp3) is 0.444. The molecule has 128 valence electrons. The molecule has 1 aromatic rings. The van der Waals surface area contributed by atoms with E-state index in [9.17, 15) is 20.3 Å². The Morgan fingerprint density at radius 2 is 2.21 bits per heavy atom. The summed E-state index contributed by atoms with van der Waals surface area (Å²) >= 11 is 0. The van der Waals surface area contributed by atoms with Crippen molar-refractivity contribution in [3.8, 4) is 17.6 Å². The highest BCUT2D eigenvalue weighted by atomic mass is 16.3. The van der Waals surface area contributed by atoms with Gasteiger partial charge >= 0.3 is 0 Å². The molecule has 24 heavy (non-hydrogen) atoms. The number of hydrogen-bond acceptors (Lipinski definition) is 5. The van der Waals surface area contributed by atoms with E-state index < -0.39 is 5.91 Å². The van der Waals surface area contributed by atoms with Gasteiger partial charge in [0.05, 0.1) is 0 Å². The molecule has 2 rings (SSSR count). The van der Waals surface area contributed by atoms with Gasteiger partial charge in [-0.05, 0) is 56.5 Å². The van der Waals surface area contributed by atoms with Crippen LogP contribution < -0.4 is 5.32 Å². The van der Waals surface area contributed by atoms with Crippen molar-refractivity contribution in [1.82, 2.24) is 10.2 Å². The van der Waals surface area contributed by atoms with E-state index >= 15 is 0 Å². The van der Waals surface area contributed by atoms with Crippen LogP contribution in [0.2, 0.25) is 0 Å². The fourth-order valence-corrected chi connectivity index (χ4v) is 2.78.